The Kier molecular flexibility index (Phi) is 4.01. The second-order valence-corrected chi connectivity index (χ2v) is 6.23. The van der Waals surface area contributed by atoms with Crippen LogP contribution in [0, 0.1) is 0 Å². The fourth-order valence-corrected chi connectivity index (χ4v) is 2.48. The van der Waals surface area contributed by atoms with E-state index in [1.165, 1.54) is 25.4 Å². The van der Waals surface area contributed by atoms with Crippen molar-refractivity contribution >= 4 is 21.5 Å². The zero-order chi connectivity index (χ0) is 13.9. The van der Waals surface area contributed by atoms with E-state index in [4.69, 9.17) is 8.92 Å². The average molecular weight is 300 g/mol. The first kappa shape index (κ1) is 13.8. The van der Waals surface area contributed by atoms with E-state index in [2.05, 4.69) is 9.97 Å². The second kappa shape index (κ2) is 5.54. The van der Waals surface area contributed by atoms with E-state index in [1.54, 1.807) is 23.7 Å². The molecule has 0 N–H and O–H groups in total. The van der Waals surface area contributed by atoms with Gasteiger partial charge in [-0.2, -0.15) is 8.42 Å². The molecule has 0 spiro atoms. The quantitative estimate of drug-likeness (QED) is 0.785. The largest absolute Gasteiger partial charge is 0.481 e. The minimum absolute atomic E-state index is 0.0812. The number of hydrogen-bond donors (Lipinski definition) is 0. The number of ether oxygens (including phenoxy) is 1. The number of thiazole rings is 1. The molecule has 0 aliphatic rings. The fourth-order valence-electron chi connectivity index (χ4n) is 1.25. The molecule has 19 heavy (non-hydrogen) atoms. The van der Waals surface area contributed by atoms with Gasteiger partial charge in [-0.15, -0.1) is 11.3 Å². The van der Waals surface area contributed by atoms with Crippen molar-refractivity contribution in [2.45, 2.75) is 6.92 Å². The summed E-state index contributed by atoms with van der Waals surface area (Å²) in [6.45, 7) is 1.51. The number of hydrogen-bond acceptors (Lipinski definition) is 7. The van der Waals surface area contributed by atoms with E-state index >= 15 is 0 Å². The van der Waals surface area contributed by atoms with Gasteiger partial charge in [-0.1, -0.05) is 0 Å². The van der Waals surface area contributed by atoms with Gasteiger partial charge >= 0.3 is 10.1 Å². The van der Waals surface area contributed by atoms with Crippen molar-refractivity contribution in [1.82, 2.24) is 9.97 Å². The van der Waals surface area contributed by atoms with Crippen molar-refractivity contribution in [2.75, 3.05) is 12.9 Å². The van der Waals surface area contributed by atoms with Gasteiger partial charge in [-0.3, -0.25) is 0 Å². The molecule has 0 amide bonds. The number of nitrogens with zero attached hydrogens (tertiary/aromatic N) is 2. The van der Waals surface area contributed by atoms with Crippen molar-refractivity contribution < 1.29 is 17.3 Å². The van der Waals surface area contributed by atoms with Crippen molar-refractivity contribution in [3.8, 4) is 22.3 Å². The zero-order valence-corrected chi connectivity index (χ0v) is 12.0. The van der Waals surface area contributed by atoms with Crippen molar-refractivity contribution in [3.05, 3.63) is 23.7 Å². The molecule has 0 fully saturated rings. The van der Waals surface area contributed by atoms with E-state index in [1.807, 2.05) is 0 Å². The molecule has 0 aromatic carbocycles. The summed E-state index contributed by atoms with van der Waals surface area (Å²) in [5, 5.41) is 2.18. The third kappa shape index (κ3) is 3.42. The van der Waals surface area contributed by atoms with Crippen LogP contribution in [0.25, 0.3) is 10.6 Å². The first-order valence-electron chi connectivity index (χ1n) is 5.42. The van der Waals surface area contributed by atoms with E-state index in [-0.39, 0.29) is 11.6 Å². The number of pyridine rings is 1. The monoisotopic (exact) mass is 300 g/mol. The molecule has 0 aliphatic heterocycles. The molecule has 0 atom stereocenters. The molecule has 0 saturated heterocycles. The Labute approximate surface area is 115 Å². The number of aromatic nitrogens is 2. The van der Waals surface area contributed by atoms with Gasteiger partial charge in [0, 0.05) is 17.8 Å². The van der Waals surface area contributed by atoms with E-state index < -0.39 is 10.1 Å². The molecule has 0 bridgehead atoms. The van der Waals surface area contributed by atoms with Gasteiger partial charge in [0.2, 0.25) is 11.8 Å². The molecule has 0 unspecified atom stereocenters. The van der Waals surface area contributed by atoms with Crippen LogP contribution in [0.3, 0.4) is 0 Å². The summed E-state index contributed by atoms with van der Waals surface area (Å²) >= 11 is 1.29. The van der Waals surface area contributed by atoms with Crippen molar-refractivity contribution in [3.63, 3.8) is 0 Å². The maximum absolute atomic E-state index is 11.3. The lowest BCUT2D eigenvalue weighted by Gasteiger charge is -2.00. The highest BCUT2D eigenvalue weighted by molar-refractivity contribution is 7.87. The minimum Gasteiger partial charge on any atom is -0.481 e. The normalized spacial score (nSPS) is 11.3. The van der Waals surface area contributed by atoms with E-state index in [0.717, 1.165) is 5.56 Å². The summed E-state index contributed by atoms with van der Waals surface area (Å²) in [7, 11) is -2.01. The Balaban J connectivity index is 2.20. The highest BCUT2D eigenvalue weighted by Gasteiger charge is 2.13. The minimum atomic E-state index is -3.54. The Morgan fingerprint density at radius 3 is 2.68 bits per heavy atom. The molecule has 102 valence electrons. The summed E-state index contributed by atoms with van der Waals surface area (Å²) in [5.41, 5.74) is 0.773. The number of methoxy groups -OCH3 is 1. The van der Waals surface area contributed by atoms with Crippen LogP contribution in [-0.2, 0) is 10.1 Å². The van der Waals surface area contributed by atoms with Gasteiger partial charge < -0.3 is 8.92 Å². The predicted octanol–water partition coefficient (Wildman–Crippen LogP) is 1.94. The molecular weight excluding hydrogens is 288 g/mol. The lowest BCUT2D eigenvalue weighted by atomic mass is 10.3. The molecule has 0 saturated carbocycles. The molecule has 2 heterocycles. The molecule has 2 aromatic heterocycles. The Morgan fingerprint density at radius 2 is 2.11 bits per heavy atom. The van der Waals surface area contributed by atoms with Crippen LogP contribution >= 0.6 is 11.3 Å². The third-order valence-corrected chi connectivity index (χ3v) is 4.24. The topological polar surface area (TPSA) is 78.4 Å². The summed E-state index contributed by atoms with van der Waals surface area (Å²) in [4.78, 5) is 8.16. The van der Waals surface area contributed by atoms with Crippen LogP contribution in [0.15, 0.2) is 23.7 Å². The molecule has 8 heteroatoms. The lowest BCUT2D eigenvalue weighted by Crippen LogP contribution is -2.11. The van der Waals surface area contributed by atoms with Gasteiger partial charge in [0.15, 0.2) is 0 Å². The number of rotatable bonds is 5. The van der Waals surface area contributed by atoms with Gasteiger partial charge in [0.05, 0.1) is 18.2 Å². The van der Waals surface area contributed by atoms with Crippen LogP contribution in [0.4, 0.5) is 0 Å². The van der Waals surface area contributed by atoms with Gasteiger partial charge in [-0.05, 0) is 13.0 Å². The zero-order valence-electron chi connectivity index (χ0n) is 10.4. The molecule has 2 rings (SSSR count). The van der Waals surface area contributed by atoms with Crippen LogP contribution in [0.1, 0.15) is 6.92 Å². The summed E-state index contributed by atoms with van der Waals surface area (Å²) in [6, 6.07) is 3.50. The molecule has 0 aliphatic carbocycles. The van der Waals surface area contributed by atoms with Crippen LogP contribution in [-0.4, -0.2) is 31.2 Å². The highest BCUT2D eigenvalue weighted by atomic mass is 32.2. The maximum atomic E-state index is 11.3. The first-order chi connectivity index (χ1) is 9.04. The third-order valence-electron chi connectivity index (χ3n) is 2.24. The second-order valence-electron chi connectivity index (χ2n) is 3.51. The van der Waals surface area contributed by atoms with Gasteiger partial charge in [0.1, 0.15) is 5.01 Å². The lowest BCUT2D eigenvalue weighted by molar-refractivity contribution is 0.398. The molecule has 0 radical (unpaired) electrons. The first-order valence-corrected chi connectivity index (χ1v) is 7.88. The van der Waals surface area contributed by atoms with Crippen LogP contribution in [0.2, 0.25) is 0 Å². The Morgan fingerprint density at radius 1 is 1.32 bits per heavy atom. The van der Waals surface area contributed by atoms with Crippen LogP contribution < -0.4 is 8.92 Å². The summed E-state index contributed by atoms with van der Waals surface area (Å²) in [6.07, 6.45) is 1.61. The smallest absolute Gasteiger partial charge is 0.310 e. The van der Waals surface area contributed by atoms with Crippen LogP contribution in [0.5, 0.6) is 11.8 Å². The summed E-state index contributed by atoms with van der Waals surface area (Å²) < 4.78 is 32.4. The summed E-state index contributed by atoms with van der Waals surface area (Å²) in [5.74, 6) is 0.493. The van der Waals surface area contributed by atoms with E-state index in [0.29, 0.717) is 10.9 Å². The molecule has 6 nitrogen and oxygen atoms in total. The Hall–Kier alpha value is -1.67. The standard InChI is InChI=1S/C11H12N2O4S2/c1-3-19(14,15)17-10-7-18-11(13-10)8-4-5-9(16-2)12-6-8/h4-7H,3H2,1-2H3. The van der Waals surface area contributed by atoms with Gasteiger partial charge in [0.25, 0.3) is 0 Å². The van der Waals surface area contributed by atoms with Gasteiger partial charge in [-0.25, -0.2) is 9.97 Å². The van der Waals surface area contributed by atoms with Crippen molar-refractivity contribution in [2.24, 2.45) is 0 Å². The highest BCUT2D eigenvalue weighted by Crippen LogP contribution is 2.27. The SMILES string of the molecule is CCS(=O)(=O)Oc1csc(-c2ccc(OC)nc2)n1. The predicted molar refractivity (Wildman–Crippen MR) is 72.0 cm³/mol. The Bertz CT molecular complexity index is 650. The van der Waals surface area contributed by atoms with E-state index in [9.17, 15) is 8.42 Å². The average Bonchev–Trinajstić information content (AvgIpc) is 2.86. The fraction of sp³-hybridized carbons (Fsp3) is 0.273. The molecule has 2 aromatic rings. The molecular formula is C11H12N2O4S2. The van der Waals surface area contributed by atoms with Crippen molar-refractivity contribution in [1.29, 1.82) is 0 Å². The maximum Gasteiger partial charge on any atom is 0.310 e.